The zero-order valence-electron chi connectivity index (χ0n) is 12.0. The number of aryl methyl sites for hydroxylation is 2. The molecule has 0 N–H and O–H groups in total. The van der Waals surface area contributed by atoms with Gasteiger partial charge < -0.3 is 0 Å². The molecule has 0 aliphatic rings. The highest BCUT2D eigenvalue weighted by atomic mass is 32.2. The van der Waals surface area contributed by atoms with Crippen molar-refractivity contribution in [2.24, 2.45) is 0 Å². The molecule has 0 spiro atoms. The van der Waals surface area contributed by atoms with Gasteiger partial charge in [0.1, 0.15) is 10.9 Å². The Labute approximate surface area is 128 Å². The molecular formula is C16H16N4S. The van der Waals surface area contributed by atoms with Gasteiger partial charge in [-0.1, -0.05) is 41.6 Å². The molecule has 1 aromatic carbocycles. The normalized spacial score (nSPS) is 10.8. The maximum absolute atomic E-state index is 4.27. The molecule has 2 heterocycles. The molecule has 0 atom stereocenters. The van der Waals surface area contributed by atoms with Crippen molar-refractivity contribution < 1.29 is 0 Å². The summed E-state index contributed by atoms with van der Waals surface area (Å²) in [6, 6.07) is 12.5. The van der Waals surface area contributed by atoms with Gasteiger partial charge in [-0.05, 0) is 31.5 Å². The van der Waals surface area contributed by atoms with Crippen molar-refractivity contribution in [2.75, 3.05) is 0 Å². The van der Waals surface area contributed by atoms with Crippen LogP contribution in [-0.4, -0.2) is 19.7 Å². The first-order valence-electron chi connectivity index (χ1n) is 6.75. The van der Waals surface area contributed by atoms with E-state index in [4.69, 9.17) is 0 Å². The van der Waals surface area contributed by atoms with Crippen LogP contribution in [0, 0.1) is 13.8 Å². The Kier molecular flexibility index (Phi) is 4.01. The highest BCUT2D eigenvalue weighted by Crippen LogP contribution is 2.21. The van der Waals surface area contributed by atoms with Crippen LogP contribution in [0.3, 0.4) is 0 Å². The number of benzene rings is 1. The van der Waals surface area contributed by atoms with Crippen LogP contribution < -0.4 is 0 Å². The highest BCUT2D eigenvalue weighted by molar-refractivity contribution is 7.98. The van der Waals surface area contributed by atoms with Crippen molar-refractivity contribution >= 4 is 11.8 Å². The third kappa shape index (κ3) is 3.31. The number of hydrogen-bond donors (Lipinski definition) is 0. The second-order valence-corrected chi connectivity index (χ2v) is 5.84. The van der Waals surface area contributed by atoms with E-state index >= 15 is 0 Å². The predicted octanol–water partition coefficient (Wildman–Crippen LogP) is 3.57. The van der Waals surface area contributed by atoms with E-state index in [2.05, 4.69) is 46.4 Å². The van der Waals surface area contributed by atoms with Gasteiger partial charge in [0.15, 0.2) is 5.82 Å². The monoisotopic (exact) mass is 296 g/mol. The minimum absolute atomic E-state index is 0.796. The lowest BCUT2D eigenvalue weighted by atomic mass is 10.2. The number of nitrogens with zero attached hydrogens (tertiary/aromatic N) is 4. The SMILES string of the molecule is Cc1ccc(CSc2ccc(-n3ccnc3C)nn2)cc1. The summed E-state index contributed by atoms with van der Waals surface area (Å²) in [6.07, 6.45) is 3.65. The average Bonchev–Trinajstić information content (AvgIpc) is 2.93. The summed E-state index contributed by atoms with van der Waals surface area (Å²) in [5.41, 5.74) is 2.57. The molecule has 0 amide bonds. The number of hydrogen-bond acceptors (Lipinski definition) is 4. The fraction of sp³-hybridized carbons (Fsp3) is 0.188. The van der Waals surface area contributed by atoms with Gasteiger partial charge in [-0.15, -0.1) is 10.2 Å². The number of thioether (sulfide) groups is 1. The van der Waals surface area contributed by atoms with Crippen molar-refractivity contribution in [2.45, 2.75) is 24.6 Å². The number of rotatable bonds is 4. The van der Waals surface area contributed by atoms with E-state index in [0.717, 1.165) is 22.4 Å². The van der Waals surface area contributed by atoms with Gasteiger partial charge in [-0.2, -0.15) is 0 Å². The van der Waals surface area contributed by atoms with Gasteiger partial charge >= 0.3 is 0 Å². The summed E-state index contributed by atoms with van der Waals surface area (Å²) in [7, 11) is 0. The first-order valence-corrected chi connectivity index (χ1v) is 7.73. The smallest absolute Gasteiger partial charge is 0.160 e. The third-order valence-electron chi connectivity index (χ3n) is 3.21. The second kappa shape index (κ2) is 6.10. The Hall–Kier alpha value is -2.14. The zero-order valence-corrected chi connectivity index (χ0v) is 12.8. The van der Waals surface area contributed by atoms with Crippen LogP contribution in [0.4, 0.5) is 0 Å². The van der Waals surface area contributed by atoms with E-state index < -0.39 is 0 Å². The van der Waals surface area contributed by atoms with E-state index in [1.54, 1.807) is 18.0 Å². The second-order valence-electron chi connectivity index (χ2n) is 4.85. The molecule has 3 aromatic rings. The molecule has 0 saturated carbocycles. The fourth-order valence-electron chi connectivity index (χ4n) is 1.98. The molecule has 5 heteroatoms. The van der Waals surface area contributed by atoms with Crippen LogP contribution >= 0.6 is 11.8 Å². The Balaban J connectivity index is 1.67. The summed E-state index contributed by atoms with van der Waals surface area (Å²) < 4.78 is 1.92. The Morgan fingerprint density at radius 2 is 1.81 bits per heavy atom. The molecule has 2 aromatic heterocycles. The van der Waals surface area contributed by atoms with Gasteiger partial charge in [0.05, 0.1) is 0 Å². The average molecular weight is 296 g/mol. The van der Waals surface area contributed by atoms with Crippen LogP contribution in [-0.2, 0) is 5.75 Å². The van der Waals surface area contributed by atoms with Gasteiger partial charge in [0, 0.05) is 18.1 Å². The van der Waals surface area contributed by atoms with Crippen LogP contribution in [0.1, 0.15) is 17.0 Å². The summed E-state index contributed by atoms with van der Waals surface area (Å²) in [6.45, 7) is 4.04. The van der Waals surface area contributed by atoms with Crippen LogP contribution in [0.5, 0.6) is 0 Å². The van der Waals surface area contributed by atoms with Gasteiger partial charge in [-0.3, -0.25) is 4.57 Å². The van der Waals surface area contributed by atoms with E-state index in [1.165, 1.54) is 11.1 Å². The Bertz CT molecular complexity index is 717. The summed E-state index contributed by atoms with van der Waals surface area (Å²) >= 11 is 1.69. The summed E-state index contributed by atoms with van der Waals surface area (Å²) in [5, 5.41) is 9.46. The molecule has 0 bridgehead atoms. The van der Waals surface area contributed by atoms with Crippen molar-refractivity contribution in [3.63, 3.8) is 0 Å². The van der Waals surface area contributed by atoms with E-state index in [0.29, 0.717) is 0 Å². The molecule has 0 radical (unpaired) electrons. The summed E-state index contributed by atoms with van der Waals surface area (Å²) in [5.74, 6) is 2.60. The van der Waals surface area contributed by atoms with Crippen molar-refractivity contribution in [3.05, 3.63) is 65.7 Å². The predicted molar refractivity (Wildman–Crippen MR) is 84.6 cm³/mol. The summed E-state index contributed by atoms with van der Waals surface area (Å²) in [4.78, 5) is 4.19. The molecule has 0 aliphatic heterocycles. The number of aromatic nitrogens is 4. The lowest BCUT2D eigenvalue weighted by molar-refractivity contribution is 0.841. The minimum Gasteiger partial charge on any atom is -0.287 e. The Morgan fingerprint density at radius 3 is 2.43 bits per heavy atom. The molecular weight excluding hydrogens is 280 g/mol. The molecule has 0 unspecified atom stereocenters. The topological polar surface area (TPSA) is 43.6 Å². The maximum atomic E-state index is 4.27. The molecule has 0 aliphatic carbocycles. The largest absolute Gasteiger partial charge is 0.287 e. The van der Waals surface area contributed by atoms with Gasteiger partial charge in [-0.25, -0.2) is 4.98 Å². The van der Waals surface area contributed by atoms with Crippen LogP contribution in [0.2, 0.25) is 0 Å². The van der Waals surface area contributed by atoms with E-state index in [1.807, 2.05) is 29.8 Å². The molecule has 0 fully saturated rings. The minimum atomic E-state index is 0.796. The lowest BCUT2D eigenvalue weighted by Gasteiger charge is -2.04. The van der Waals surface area contributed by atoms with E-state index in [9.17, 15) is 0 Å². The zero-order chi connectivity index (χ0) is 14.7. The first-order chi connectivity index (χ1) is 10.2. The quantitative estimate of drug-likeness (QED) is 0.690. The van der Waals surface area contributed by atoms with Gasteiger partial charge in [0.25, 0.3) is 0 Å². The number of imidazole rings is 1. The molecule has 0 saturated heterocycles. The maximum Gasteiger partial charge on any atom is 0.160 e. The lowest BCUT2D eigenvalue weighted by Crippen LogP contribution is -2.00. The Morgan fingerprint density at radius 1 is 1.00 bits per heavy atom. The fourth-order valence-corrected chi connectivity index (χ4v) is 2.75. The van der Waals surface area contributed by atoms with Crippen molar-refractivity contribution in [1.29, 1.82) is 0 Å². The standard InChI is InChI=1S/C16H16N4S/c1-12-3-5-14(6-4-12)11-21-16-8-7-15(18-19-16)20-10-9-17-13(20)2/h3-10H,11H2,1-2H3. The third-order valence-corrected chi connectivity index (χ3v) is 4.20. The van der Waals surface area contributed by atoms with Crippen LogP contribution in [0.15, 0.2) is 53.8 Å². The van der Waals surface area contributed by atoms with E-state index in [-0.39, 0.29) is 0 Å². The highest BCUT2D eigenvalue weighted by Gasteiger charge is 2.04. The molecule has 4 nitrogen and oxygen atoms in total. The molecule has 106 valence electrons. The molecule has 3 rings (SSSR count). The molecule has 21 heavy (non-hydrogen) atoms. The van der Waals surface area contributed by atoms with Crippen LogP contribution in [0.25, 0.3) is 5.82 Å². The van der Waals surface area contributed by atoms with Crippen molar-refractivity contribution in [1.82, 2.24) is 19.7 Å². The van der Waals surface area contributed by atoms with Crippen molar-refractivity contribution in [3.8, 4) is 5.82 Å². The first kappa shape index (κ1) is 13.8. The van der Waals surface area contributed by atoms with Gasteiger partial charge in [0.2, 0.25) is 0 Å².